The Balaban J connectivity index is 1.37. The Morgan fingerprint density at radius 1 is 1.18 bits per heavy atom. The van der Waals surface area contributed by atoms with E-state index >= 15 is 0 Å². The fourth-order valence-corrected chi connectivity index (χ4v) is 4.18. The van der Waals surface area contributed by atoms with Gasteiger partial charge in [-0.1, -0.05) is 35.9 Å². The van der Waals surface area contributed by atoms with Crippen LogP contribution in [0.3, 0.4) is 0 Å². The number of nitrogens with zero attached hydrogens (tertiary/aromatic N) is 3. The molecule has 3 N–H and O–H groups in total. The van der Waals surface area contributed by atoms with Crippen LogP contribution in [0.5, 0.6) is 11.8 Å². The molecule has 1 saturated carbocycles. The van der Waals surface area contributed by atoms with Gasteiger partial charge in [-0.15, -0.1) is 0 Å². The van der Waals surface area contributed by atoms with Crippen molar-refractivity contribution < 1.29 is 14.6 Å². The van der Waals surface area contributed by atoms with Crippen LogP contribution < -0.4 is 10.1 Å². The van der Waals surface area contributed by atoms with Gasteiger partial charge < -0.3 is 20.1 Å². The van der Waals surface area contributed by atoms with E-state index in [-0.39, 0.29) is 11.9 Å². The number of ether oxygens (including phenoxy) is 1. The molecule has 0 aliphatic heterocycles. The number of halogens is 1. The lowest BCUT2D eigenvalue weighted by Gasteiger charge is -2.24. The maximum Gasteiger partial charge on any atom is 0.301 e. The van der Waals surface area contributed by atoms with Gasteiger partial charge in [0.2, 0.25) is 5.91 Å². The van der Waals surface area contributed by atoms with Crippen LogP contribution in [0.2, 0.25) is 5.02 Å². The molecular weight excluding hydrogens is 454 g/mol. The first kappa shape index (κ1) is 22.3. The third-order valence-electron chi connectivity index (χ3n) is 5.90. The van der Waals surface area contributed by atoms with Gasteiger partial charge in [0.15, 0.2) is 5.65 Å². The normalized spacial score (nSPS) is 14.7. The zero-order valence-corrected chi connectivity index (χ0v) is 19.8. The molecule has 174 valence electrons. The van der Waals surface area contributed by atoms with Crippen LogP contribution in [0.15, 0.2) is 48.7 Å². The second-order valence-electron chi connectivity index (χ2n) is 9.13. The summed E-state index contributed by atoms with van der Waals surface area (Å²) in [7, 11) is 0. The number of hydrogen-bond donors (Lipinski definition) is 3. The molecule has 5 rings (SSSR count). The standard InChI is InChI=1S/C25H24ClN5O3/c1-14(32)31-24(2,3)20-9-8-17(13-27-20)34-23-28-19-12-18(26)21(29-22(19)30-23)15-4-6-16(7-5-15)25(33)10-11-25/h4-9,12-13,33H,10-11H2,1-3H3,(H,31,32)(H,28,29,30). The monoisotopic (exact) mass is 477 g/mol. The van der Waals surface area contributed by atoms with E-state index in [2.05, 4.69) is 25.3 Å². The molecule has 0 spiro atoms. The van der Waals surface area contributed by atoms with Crippen molar-refractivity contribution in [3.05, 3.63) is 64.9 Å². The predicted molar refractivity (Wildman–Crippen MR) is 129 cm³/mol. The van der Waals surface area contributed by atoms with Gasteiger partial charge in [-0.05, 0) is 50.5 Å². The third-order valence-corrected chi connectivity index (χ3v) is 6.19. The highest BCUT2D eigenvalue weighted by Crippen LogP contribution is 2.45. The summed E-state index contributed by atoms with van der Waals surface area (Å²) in [6.07, 6.45) is 3.16. The Labute approximate surface area is 201 Å². The van der Waals surface area contributed by atoms with Crippen molar-refractivity contribution in [2.45, 2.75) is 44.8 Å². The first-order chi connectivity index (χ1) is 16.1. The minimum absolute atomic E-state index is 0.129. The second-order valence-corrected chi connectivity index (χ2v) is 9.54. The number of H-pyrrole nitrogens is 1. The summed E-state index contributed by atoms with van der Waals surface area (Å²) in [6.45, 7) is 5.23. The molecule has 4 aromatic rings. The maximum atomic E-state index is 11.4. The molecule has 1 amide bonds. The van der Waals surface area contributed by atoms with Crippen molar-refractivity contribution in [3.63, 3.8) is 0 Å². The smallest absolute Gasteiger partial charge is 0.301 e. The highest BCUT2D eigenvalue weighted by molar-refractivity contribution is 6.33. The molecule has 1 aliphatic carbocycles. The topological polar surface area (TPSA) is 113 Å². The van der Waals surface area contributed by atoms with Crippen LogP contribution in [-0.2, 0) is 15.9 Å². The van der Waals surface area contributed by atoms with Crippen LogP contribution >= 0.6 is 11.6 Å². The van der Waals surface area contributed by atoms with Gasteiger partial charge in [0.25, 0.3) is 0 Å². The van der Waals surface area contributed by atoms with E-state index in [9.17, 15) is 9.90 Å². The van der Waals surface area contributed by atoms with Crippen LogP contribution in [0.25, 0.3) is 22.4 Å². The summed E-state index contributed by atoms with van der Waals surface area (Å²) < 4.78 is 5.83. The molecule has 9 heteroatoms. The number of fused-ring (bicyclic) bond motifs is 1. The number of rotatable bonds is 6. The summed E-state index contributed by atoms with van der Waals surface area (Å²) in [5.41, 5.74) is 2.89. The van der Waals surface area contributed by atoms with Gasteiger partial charge in [0.05, 0.1) is 39.3 Å². The second kappa shape index (κ2) is 8.07. The lowest BCUT2D eigenvalue weighted by atomic mass is 10.00. The third kappa shape index (κ3) is 4.34. The van der Waals surface area contributed by atoms with E-state index in [1.165, 1.54) is 6.92 Å². The van der Waals surface area contributed by atoms with Crippen molar-refractivity contribution in [1.82, 2.24) is 25.3 Å². The summed E-state index contributed by atoms with van der Waals surface area (Å²) in [5.74, 6) is 0.359. The van der Waals surface area contributed by atoms with Crippen LogP contribution in [-0.4, -0.2) is 30.9 Å². The fourth-order valence-electron chi connectivity index (χ4n) is 3.92. The molecule has 0 radical (unpaired) electrons. The highest BCUT2D eigenvalue weighted by atomic mass is 35.5. The lowest BCUT2D eigenvalue weighted by molar-refractivity contribution is -0.120. The first-order valence-corrected chi connectivity index (χ1v) is 11.3. The largest absolute Gasteiger partial charge is 0.424 e. The van der Waals surface area contributed by atoms with Gasteiger partial charge in [-0.2, -0.15) is 4.98 Å². The number of hydrogen-bond acceptors (Lipinski definition) is 6. The Kier molecular flexibility index (Phi) is 5.30. The molecule has 3 heterocycles. The fraction of sp³-hybridized carbons (Fsp3) is 0.280. The Hall–Kier alpha value is -3.49. The molecule has 1 aromatic carbocycles. The number of carbonyl (C=O) groups excluding carboxylic acids is 1. The van der Waals surface area contributed by atoms with E-state index in [0.29, 0.717) is 33.3 Å². The molecule has 8 nitrogen and oxygen atoms in total. The number of aromatic amines is 1. The zero-order chi connectivity index (χ0) is 24.1. The molecule has 1 fully saturated rings. The van der Waals surface area contributed by atoms with E-state index in [4.69, 9.17) is 16.3 Å². The molecule has 0 bridgehead atoms. The van der Waals surface area contributed by atoms with E-state index < -0.39 is 11.1 Å². The molecule has 0 atom stereocenters. The van der Waals surface area contributed by atoms with Crippen molar-refractivity contribution >= 4 is 28.7 Å². The number of aliphatic hydroxyl groups is 1. The van der Waals surface area contributed by atoms with Crippen LogP contribution in [0, 0.1) is 0 Å². The van der Waals surface area contributed by atoms with Crippen molar-refractivity contribution in [3.8, 4) is 23.0 Å². The average Bonchev–Trinajstić information content (AvgIpc) is 3.42. The lowest BCUT2D eigenvalue weighted by Crippen LogP contribution is -2.40. The molecule has 1 aliphatic rings. The van der Waals surface area contributed by atoms with Crippen LogP contribution in [0.4, 0.5) is 0 Å². The van der Waals surface area contributed by atoms with Crippen molar-refractivity contribution in [2.75, 3.05) is 0 Å². The Morgan fingerprint density at radius 3 is 2.53 bits per heavy atom. The number of nitrogens with one attached hydrogen (secondary N) is 2. The summed E-state index contributed by atoms with van der Waals surface area (Å²) >= 11 is 6.50. The van der Waals surface area contributed by atoms with Crippen LogP contribution in [0.1, 0.15) is 44.9 Å². The number of aromatic nitrogens is 4. The van der Waals surface area contributed by atoms with Gasteiger partial charge >= 0.3 is 6.01 Å². The predicted octanol–water partition coefficient (Wildman–Crippen LogP) is 4.82. The minimum atomic E-state index is -0.680. The zero-order valence-electron chi connectivity index (χ0n) is 19.0. The van der Waals surface area contributed by atoms with Gasteiger partial charge in [0.1, 0.15) is 5.75 Å². The molecular formula is C25H24ClN5O3. The Bertz CT molecular complexity index is 1380. The van der Waals surface area contributed by atoms with Gasteiger partial charge in [0, 0.05) is 12.5 Å². The number of amides is 1. The minimum Gasteiger partial charge on any atom is -0.424 e. The average molecular weight is 478 g/mol. The quantitative estimate of drug-likeness (QED) is 0.367. The van der Waals surface area contributed by atoms with Crippen molar-refractivity contribution in [1.29, 1.82) is 0 Å². The summed E-state index contributed by atoms with van der Waals surface area (Å²) in [4.78, 5) is 28.0. The highest BCUT2D eigenvalue weighted by Gasteiger charge is 2.41. The Morgan fingerprint density at radius 2 is 1.91 bits per heavy atom. The number of pyridine rings is 2. The SMILES string of the molecule is CC(=O)NC(C)(C)c1ccc(Oc2nc3nc(-c4ccc(C5(O)CC5)cc4)c(Cl)cc3[nH]2)cn1. The summed E-state index contributed by atoms with van der Waals surface area (Å²) in [5, 5.41) is 13.6. The number of benzene rings is 1. The van der Waals surface area contributed by atoms with E-state index in [1.807, 2.05) is 38.1 Å². The molecule has 34 heavy (non-hydrogen) atoms. The first-order valence-electron chi connectivity index (χ1n) is 11.0. The van der Waals surface area contributed by atoms with Gasteiger partial charge in [-0.25, -0.2) is 4.98 Å². The summed E-state index contributed by atoms with van der Waals surface area (Å²) in [6, 6.07) is 13.2. The van der Waals surface area contributed by atoms with Gasteiger partial charge in [-0.3, -0.25) is 9.78 Å². The van der Waals surface area contributed by atoms with E-state index in [0.717, 1.165) is 24.0 Å². The maximum absolute atomic E-state index is 11.4. The number of imidazole rings is 1. The number of carbonyl (C=O) groups is 1. The van der Waals surface area contributed by atoms with E-state index in [1.54, 1.807) is 24.4 Å². The van der Waals surface area contributed by atoms with Crippen molar-refractivity contribution in [2.24, 2.45) is 0 Å². The molecule has 3 aromatic heterocycles. The molecule has 0 unspecified atom stereocenters. The molecule has 0 saturated heterocycles.